The summed E-state index contributed by atoms with van der Waals surface area (Å²) in [4.78, 5) is 4.43. The second-order valence-electron chi connectivity index (χ2n) is 4.67. The molecule has 2 aromatic carbocycles. The fourth-order valence-electron chi connectivity index (χ4n) is 1.96. The maximum atomic E-state index is 12.3. The molecule has 7 heteroatoms. The average Bonchev–Trinajstić information content (AvgIpc) is 2.89. The van der Waals surface area contributed by atoms with Crippen LogP contribution in [0.3, 0.4) is 0 Å². The summed E-state index contributed by atoms with van der Waals surface area (Å²) in [5.41, 5.74) is 0.822. The Morgan fingerprint density at radius 3 is 2.18 bits per heavy atom. The minimum atomic E-state index is -3.68. The number of hydrogen-bond donors (Lipinski definition) is 1. The molecule has 0 aliphatic carbocycles. The molecule has 0 fully saturated rings. The average molecular weight is 314 g/mol. The Hall–Kier alpha value is -2.67. The van der Waals surface area contributed by atoms with Gasteiger partial charge in [-0.3, -0.25) is 0 Å². The Balaban J connectivity index is 1.92. The van der Waals surface area contributed by atoms with E-state index in [0.717, 1.165) is 5.56 Å². The van der Waals surface area contributed by atoms with Crippen LogP contribution in [-0.4, -0.2) is 23.2 Å². The van der Waals surface area contributed by atoms with Crippen molar-refractivity contribution in [2.75, 3.05) is 4.72 Å². The van der Waals surface area contributed by atoms with Crippen LogP contribution < -0.4 is 4.72 Å². The van der Waals surface area contributed by atoms with Crippen LogP contribution in [0.2, 0.25) is 0 Å². The van der Waals surface area contributed by atoms with Gasteiger partial charge in [0.25, 0.3) is 10.0 Å². The number of sulfonamides is 1. The number of rotatable bonds is 4. The van der Waals surface area contributed by atoms with Gasteiger partial charge in [-0.15, -0.1) is 5.10 Å². The SMILES string of the molecule is Cn1nc(-c2ccccc2)nc1NS(=O)(=O)c1ccccc1. The Morgan fingerprint density at radius 2 is 1.55 bits per heavy atom. The molecule has 0 amide bonds. The molecule has 3 rings (SSSR count). The van der Waals surface area contributed by atoms with Crippen molar-refractivity contribution in [2.24, 2.45) is 7.05 Å². The molecular formula is C15H14N4O2S. The van der Waals surface area contributed by atoms with E-state index in [-0.39, 0.29) is 10.8 Å². The van der Waals surface area contributed by atoms with Gasteiger partial charge in [0.05, 0.1) is 4.90 Å². The second kappa shape index (κ2) is 5.61. The van der Waals surface area contributed by atoms with Crippen molar-refractivity contribution in [3.8, 4) is 11.4 Å². The highest BCUT2D eigenvalue weighted by Gasteiger charge is 2.18. The van der Waals surface area contributed by atoms with Crippen molar-refractivity contribution in [2.45, 2.75) is 4.90 Å². The number of aryl methyl sites for hydroxylation is 1. The lowest BCUT2D eigenvalue weighted by atomic mass is 10.2. The van der Waals surface area contributed by atoms with E-state index < -0.39 is 10.0 Å². The maximum absolute atomic E-state index is 12.3. The van der Waals surface area contributed by atoms with E-state index in [2.05, 4.69) is 14.8 Å². The summed E-state index contributed by atoms with van der Waals surface area (Å²) in [7, 11) is -2.04. The van der Waals surface area contributed by atoms with Gasteiger partial charge in [-0.25, -0.2) is 17.8 Å². The lowest BCUT2D eigenvalue weighted by Gasteiger charge is -2.05. The first-order valence-electron chi connectivity index (χ1n) is 6.60. The number of anilines is 1. The van der Waals surface area contributed by atoms with Gasteiger partial charge in [-0.05, 0) is 12.1 Å². The minimum Gasteiger partial charge on any atom is -0.247 e. The highest BCUT2D eigenvalue weighted by atomic mass is 32.2. The van der Waals surface area contributed by atoms with Crippen LogP contribution in [0.25, 0.3) is 11.4 Å². The molecule has 0 spiro atoms. The smallest absolute Gasteiger partial charge is 0.247 e. The van der Waals surface area contributed by atoms with Crippen molar-refractivity contribution in [1.82, 2.24) is 14.8 Å². The first kappa shape index (κ1) is 14.3. The number of benzene rings is 2. The molecule has 22 heavy (non-hydrogen) atoms. The largest absolute Gasteiger partial charge is 0.264 e. The Kier molecular flexibility index (Phi) is 3.64. The van der Waals surface area contributed by atoms with Gasteiger partial charge in [0, 0.05) is 12.6 Å². The quantitative estimate of drug-likeness (QED) is 0.801. The van der Waals surface area contributed by atoms with Gasteiger partial charge in [-0.1, -0.05) is 48.5 Å². The number of nitrogens with one attached hydrogen (secondary N) is 1. The molecule has 0 unspecified atom stereocenters. The van der Waals surface area contributed by atoms with E-state index in [0.29, 0.717) is 5.82 Å². The van der Waals surface area contributed by atoms with E-state index in [4.69, 9.17) is 0 Å². The molecule has 0 aliphatic rings. The summed E-state index contributed by atoms with van der Waals surface area (Å²) in [6.45, 7) is 0. The molecule has 112 valence electrons. The van der Waals surface area contributed by atoms with Crippen LogP contribution in [0, 0.1) is 0 Å². The van der Waals surface area contributed by atoms with Crippen LogP contribution >= 0.6 is 0 Å². The summed E-state index contributed by atoms with van der Waals surface area (Å²) >= 11 is 0. The third-order valence-corrected chi connectivity index (χ3v) is 4.42. The molecule has 0 bridgehead atoms. The third kappa shape index (κ3) is 2.84. The predicted octanol–water partition coefficient (Wildman–Crippen LogP) is 2.28. The van der Waals surface area contributed by atoms with Crippen LogP contribution in [-0.2, 0) is 17.1 Å². The van der Waals surface area contributed by atoms with Crippen molar-refractivity contribution in [3.05, 3.63) is 60.7 Å². The molecule has 0 aliphatic heterocycles. The summed E-state index contributed by atoms with van der Waals surface area (Å²) in [5.74, 6) is 0.636. The van der Waals surface area contributed by atoms with Crippen molar-refractivity contribution in [3.63, 3.8) is 0 Å². The van der Waals surface area contributed by atoms with Crippen LogP contribution in [0.15, 0.2) is 65.6 Å². The van der Waals surface area contributed by atoms with Crippen molar-refractivity contribution < 1.29 is 8.42 Å². The molecule has 0 saturated heterocycles. The van der Waals surface area contributed by atoms with E-state index >= 15 is 0 Å². The number of nitrogens with zero attached hydrogens (tertiary/aromatic N) is 3. The molecule has 0 atom stereocenters. The molecular weight excluding hydrogens is 300 g/mol. The standard InChI is InChI=1S/C15H14N4O2S/c1-19-15(16-14(17-19)12-8-4-2-5-9-12)18-22(20,21)13-10-6-3-7-11-13/h2-11H,1H3,(H,16,17,18). The Morgan fingerprint density at radius 1 is 0.955 bits per heavy atom. The summed E-state index contributed by atoms with van der Waals surface area (Å²) in [5, 5.41) is 4.24. The summed E-state index contributed by atoms with van der Waals surface area (Å²) in [6.07, 6.45) is 0. The molecule has 0 radical (unpaired) electrons. The highest BCUT2D eigenvalue weighted by molar-refractivity contribution is 7.92. The minimum absolute atomic E-state index is 0.169. The van der Waals surface area contributed by atoms with E-state index in [9.17, 15) is 8.42 Å². The zero-order valence-corrected chi connectivity index (χ0v) is 12.7. The molecule has 1 N–H and O–H groups in total. The van der Waals surface area contributed by atoms with Gasteiger partial charge in [0.15, 0.2) is 5.82 Å². The molecule has 0 saturated carbocycles. The highest BCUT2D eigenvalue weighted by Crippen LogP contribution is 2.19. The summed E-state index contributed by atoms with van der Waals surface area (Å²) < 4.78 is 28.5. The first-order chi connectivity index (χ1) is 10.6. The number of aromatic nitrogens is 3. The normalized spacial score (nSPS) is 11.3. The zero-order chi connectivity index (χ0) is 15.6. The molecule has 1 heterocycles. The second-order valence-corrected chi connectivity index (χ2v) is 6.35. The fourth-order valence-corrected chi connectivity index (χ4v) is 3.01. The molecule has 1 aromatic heterocycles. The predicted molar refractivity (Wildman–Crippen MR) is 83.7 cm³/mol. The fraction of sp³-hybridized carbons (Fsp3) is 0.0667. The van der Waals surface area contributed by atoms with Crippen molar-refractivity contribution in [1.29, 1.82) is 0 Å². The van der Waals surface area contributed by atoms with Gasteiger partial charge in [0.2, 0.25) is 5.95 Å². The maximum Gasteiger partial charge on any atom is 0.264 e. The van der Waals surface area contributed by atoms with Gasteiger partial charge < -0.3 is 0 Å². The van der Waals surface area contributed by atoms with Gasteiger partial charge in [0.1, 0.15) is 0 Å². The third-order valence-electron chi connectivity index (χ3n) is 3.07. The van der Waals surface area contributed by atoms with Crippen LogP contribution in [0.5, 0.6) is 0 Å². The topological polar surface area (TPSA) is 76.9 Å². The van der Waals surface area contributed by atoms with Gasteiger partial charge in [-0.2, -0.15) is 4.98 Å². The Labute approximate surface area is 128 Å². The Bertz CT molecular complexity index is 874. The van der Waals surface area contributed by atoms with Crippen LogP contribution in [0.4, 0.5) is 5.95 Å². The van der Waals surface area contributed by atoms with Crippen molar-refractivity contribution >= 4 is 16.0 Å². The van der Waals surface area contributed by atoms with E-state index in [1.54, 1.807) is 25.2 Å². The van der Waals surface area contributed by atoms with Crippen LogP contribution in [0.1, 0.15) is 0 Å². The molecule has 3 aromatic rings. The molecule has 6 nitrogen and oxygen atoms in total. The van der Waals surface area contributed by atoms with E-state index in [1.807, 2.05) is 30.3 Å². The zero-order valence-electron chi connectivity index (χ0n) is 11.8. The number of hydrogen-bond acceptors (Lipinski definition) is 4. The lowest BCUT2D eigenvalue weighted by molar-refractivity contribution is 0.600. The summed E-state index contributed by atoms with van der Waals surface area (Å²) in [6, 6.07) is 17.5. The van der Waals surface area contributed by atoms with E-state index in [1.165, 1.54) is 16.8 Å². The lowest BCUT2D eigenvalue weighted by Crippen LogP contribution is -2.16. The van der Waals surface area contributed by atoms with Gasteiger partial charge >= 0.3 is 0 Å². The monoisotopic (exact) mass is 314 g/mol. The first-order valence-corrected chi connectivity index (χ1v) is 8.09.